The fraction of sp³-hybridized carbons (Fsp3) is 0.300. The van der Waals surface area contributed by atoms with E-state index in [-0.39, 0.29) is 6.03 Å². The first-order valence-corrected chi connectivity index (χ1v) is 10.1. The molecule has 0 atom stereocenters. The molecule has 0 aliphatic carbocycles. The third-order valence-electron chi connectivity index (χ3n) is 4.75. The minimum absolute atomic E-state index is 0.0762. The molecular formula is C20H21ClN4OS. The summed E-state index contributed by atoms with van der Waals surface area (Å²) in [5.74, 6) is 0. The molecule has 1 aliphatic heterocycles. The number of thiazole rings is 1. The Hall–Kier alpha value is -2.31. The lowest BCUT2D eigenvalue weighted by Crippen LogP contribution is -2.50. The number of fused-ring (bicyclic) bond motifs is 1. The zero-order valence-corrected chi connectivity index (χ0v) is 16.9. The Morgan fingerprint density at radius 2 is 1.81 bits per heavy atom. The van der Waals surface area contributed by atoms with Gasteiger partial charge in [-0.1, -0.05) is 29.0 Å². The summed E-state index contributed by atoms with van der Waals surface area (Å²) < 4.78 is 1.23. The van der Waals surface area contributed by atoms with Gasteiger partial charge in [-0.05, 0) is 55.3 Å². The van der Waals surface area contributed by atoms with E-state index in [2.05, 4.69) is 36.2 Å². The van der Waals surface area contributed by atoms with Crippen molar-refractivity contribution in [3.8, 4) is 0 Å². The van der Waals surface area contributed by atoms with Crippen molar-refractivity contribution in [2.24, 2.45) is 0 Å². The van der Waals surface area contributed by atoms with Gasteiger partial charge in [0.2, 0.25) is 0 Å². The van der Waals surface area contributed by atoms with Crippen LogP contribution < -0.4 is 10.2 Å². The Kier molecular flexibility index (Phi) is 4.93. The SMILES string of the molecule is Cc1cc(C)c2nc(N3CCN(C(=O)Nc4ccc(Cl)cc4)CC3)sc2c1. The predicted molar refractivity (Wildman–Crippen MR) is 113 cm³/mol. The van der Waals surface area contributed by atoms with Gasteiger partial charge in [0, 0.05) is 36.9 Å². The molecule has 0 unspecified atom stereocenters. The molecule has 0 bridgehead atoms. The van der Waals surface area contributed by atoms with Gasteiger partial charge in [-0.15, -0.1) is 0 Å². The average Bonchev–Trinajstić information content (AvgIpc) is 3.08. The molecule has 0 saturated carbocycles. The first-order valence-electron chi connectivity index (χ1n) is 8.94. The molecule has 4 rings (SSSR count). The van der Waals surface area contributed by atoms with Crippen LogP contribution in [0, 0.1) is 13.8 Å². The van der Waals surface area contributed by atoms with Crippen LogP contribution in [0.2, 0.25) is 5.02 Å². The van der Waals surface area contributed by atoms with E-state index in [4.69, 9.17) is 16.6 Å². The molecule has 3 aromatic rings. The molecule has 2 amide bonds. The molecule has 7 heteroatoms. The topological polar surface area (TPSA) is 48.5 Å². The number of benzene rings is 2. The van der Waals surface area contributed by atoms with Gasteiger partial charge in [-0.3, -0.25) is 0 Å². The van der Waals surface area contributed by atoms with Crippen LogP contribution in [0.5, 0.6) is 0 Å². The van der Waals surface area contributed by atoms with Crippen molar-refractivity contribution < 1.29 is 4.79 Å². The third kappa shape index (κ3) is 3.87. The van der Waals surface area contributed by atoms with Crippen molar-refractivity contribution in [1.82, 2.24) is 9.88 Å². The Labute approximate surface area is 167 Å². The van der Waals surface area contributed by atoms with E-state index in [1.165, 1.54) is 15.8 Å². The molecule has 0 spiro atoms. The predicted octanol–water partition coefficient (Wildman–Crippen LogP) is 4.92. The van der Waals surface area contributed by atoms with Crippen molar-refractivity contribution in [2.75, 3.05) is 36.4 Å². The highest BCUT2D eigenvalue weighted by Crippen LogP contribution is 2.32. The van der Waals surface area contributed by atoms with Gasteiger partial charge in [0.25, 0.3) is 0 Å². The van der Waals surface area contributed by atoms with Gasteiger partial charge in [-0.2, -0.15) is 0 Å². The fourth-order valence-corrected chi connectivity index (χ4v) is 4.65. The molecule has 1 saturated heterocycles. The van der Waals surface area contributed by atoms with Gasteiger partial charge >= 0.3 is 6.03 Å². The Balaban J connectivity index is 1.40. The Morgan fingerprint density at radius 1 is 1.11 bits per heavy atom. The number of halogens is 1. The molecule has 140 valence electrons. The van der Waals surface area contributed by atoms with Crippen LogP contribution in [0.15, 0.2) is 36.4 Å². The van der Waals surface area contributed by atoms with Crippen LogP contribution in [0.4, 0.5) is 15.6 Å². The number of rotatable bonds is 2. The lowest BCUT2D eigenvalue weighted by molar-refractivity contribution is 0.208. The summed E-state index contributed by atoms with van der Waals surface area (Å²) in [5.41, 5.74) is 4.32. The molecule has 0 radical (unpaired) electrons. The number of anilines is 2. The van der Waals surface area contributed by atoms with Crippen LogP contribution in [-0.4, -0.2) is 42.1 Å². The Bertz CT molecular complexity index is 978. The summed E-state index contributed by atoms with van der Waals surface area (Å²) in [6.07, 6.45) is 0. The summed E-state index contributed by atoms with van der Waals surface area (Å²) in [6.45, 7) is 7.14. The van der Waals surface area contributed by atoms with Crippen molar-refractivity contribution in [3.05, 3.63) is 52.5 Å². The number of hydrogen-bond acceptors (Lipinski definition) is 4. The summed E-state index contributed by atoms with van der Waals surface area (Å²) in [5, 5.41) is 4.62. The lowest BCUT2D eigenvalue weighted by Gasteiger charge is -2.34. The number of amides is 2. The molecule has 2 heterocycles. The first-order chi connectivity index (χ1) is 13.0. The van der Waals surface area contributed by atoms with Crippen LogP contribution >= 0.6 is 22.9 Å². The van der Waals surface area contributed by atoms with Gasteiger partial charge in [0.15, 0.2) is 5.13 Å². The van der Waals surface area contributed by atoms with E-state index >= 15 is 0 Å². The summed E-state index contributed by atoms with van der Waals surface area (Å²) in [6, 6.07) is 11.4. The number of aromatic nitrogens is 1. The van der Waals surface area contributed by atoms with E-state index in [0.717, 1.165) is 29.4 Å². The van der Waals surface area contributed by atoms with E-state index in [1.54, 1.807) is 23.5 Å². The second-order valence-electron chi connectivity index (χ2n) is 6.84. The minimum atomic E-state index is -0.0762. The smallest absolute Gasteiger partial charge is 0.321 e. The third-order valence-corrected chi connectivity index (χ3v) is 6.07. The van der Waals surface area contributed by atoms with E-state index < -0.39 is 0 Å². The first kappa shape index (κ1) is 18.1. The molecule has 1 aromatic heterocycles. The molecule has 1 aliphatic rings. The average molecular weight is 401 g/mol. The Morgan fingerprint density at radius 3 is 2.52 bits per heavy atom. The lowest BCUT2D eigenvalue weighted by atomic mass is 10.1. The van der Waals surface area contributed by atoms with Crippen LogP contribution in [-0.2, 0) is 0 Å². The number of hydrogen-bond donors (Lipinski definition) is 1. The maximum absolute atomic E-state index is 12.5. The van der Waals surface area contributed by atoms with Gasteiger partial charge in [-0.25, -0.2) is 9.78 Å². The van der Waals surface area contributed by atoms with Gasteiger partial charge < -0.3 is 15.1 Å². The van der Waals surface area contributed by atoms with Crippen molar-refractivity contribution >= 4 is 50.0 Å². The normalized spacial score (nSPS) is 14.6. The molecule has 2 aromatic carbocycles. The highest BCUT2D eigenvalue weighted by Gasteiger charge is 2.23. The maximum atomic E-state index is 12.5. The van der Waals surface area contributed by atoms with Crippen LogP contribution in [0.1, 0.15) is 11.1 Å². The van der Waals surface area contributed by atoms with Crippen LogP contribution in [0.3, 0.4) is 0 Å². The monoisotopic (exact) mass is 400 g/mol. The van der Waals surface area contributed by atoms with E-state index in [1.807, 2.05) is 17.0 Å². The number of aryl methyl sites for hydroxylation is 2. The fourth-order valence-electron chi connectivity index (χ4n) is 3.33. The maximum Gasteiger partial charge on any atom is 0.321 e. The number of urea groups is 1. The summed E-state index contributed by atoms with van der Waals surface area (Å²) in [7, 11) is 0. The van der Waals surface area contributed by atoms with Crippen molar-refractivity contribution in [2.45, 2.75) is 13.8 Å². The second kappa shape index (κ2) is 7.37. The molecule has 27 heavy (non-hydrogen) atoms. The number of carbonyl (C=O) groups is 1. The number of nitrogens with zero attached hydrogens (tertiary/aromatic N) is 3. The van der Waals surface area contributed by atoms with Crippen LogP contribution in [0.25, 0.3) is 10.2 Å². The molecule has 1 N–H and O–H groups in total. The largest absolute Gasteiger partial charge is 0.345 e. The summed E-state index contributed by atoms with van der Waals surface area (Å²) >= 11 is 7.61. The standard InChI is InChI=1S/C20H21ClN4OS/c1-13-11-14(2)18-17(12-13)27-20(23-18)25-9-7-24(8-10-25)19(26)22-16-5-3-15(21)4-6-16/h3-6,11-12H,7-10H2,1-2H3,(H,22,26). The van der Waals surface area contributed by atoms with Crippen molar-refractivity contribution in [1.29, 1.82) is 0 Å². The highest BCUT2D eigenvalue weighted by atomic mass is 35.5. The number of piperazine rings is 1. The molecule has 1 fully saturated rings. The highest BCUT2D eigenvalue weighted by molar-refractivity contribution is 7.22. The number of nitrogens with one attached hydrogen (secondary N) is 1. The summed E-state index contributed by atoms with van der Waals surface area (Å²) in [4.78, 5) is 21.4. The minimum Gasteiger partial charge on any atom is -0.345 e. The van der Waals surface area contributed by atoms with Crippen molar-refractivity contribution in [3.63, 3.8) is 0 Å². The molecular weight excluding hydrogens is 380 g/mol. The van der Waals surface area contributed by atoms with E-state index in [9.17, 15) is 4.79 Å². The van der Waals surface area contributed by atoms with Gasteiger partial charge in [0.05, 0.1) is 10.2 Å². The molecule has 5 nitrogen and oxygen atoms in total. The number of carbonyl (C=O) groups excluding carboxylic acids is 1. The van der Waals surface area contributed by atoms with E-state index in [0.29, 0.717) is 18.1 Å². The zero-order chi connectivity index (χ0) is 19.0. The second-order valence-corrected chi connectivity index (χ2v) is 8.28. The quantitative estimate of drug-likeness (QED) is 0.664. The van der Waals surface area contributed by atoms with Gasteiger partial charge in [0.1, 0.15) is 0 Å². The zero-order valence-electron chi connectivity index (χ0n) is 15.3.